The molecule has 0 aliphatic carbocycles. The van der Waals surface area contributed by atoms with Crippen LogP contribution in [-0.4, -0.2) is 42.4 Å². The second-order valence-corrected chi connectivity index (χ2v) is 5.51. The molecule has 0 aromatic heterocycles. The van der Waals surface area contributed by atoms with Crippen LogP contribution in [0.3, 0.4) is 0 Å². The molecule has 1 aliphatic rings. The second-order valence-electron chi connectivity index (χ2n) is 4.85. The number of hydrogen-bond acceptors (Lipinski definition) is 1. The Balaban J connectivity index is 1.82. The second kappa shape index (κ2) is 6.21. The summed E-state index contributed by atoms with van der Waals surface area (Å²) in [6.45, 7) is 6.43. The smallest absolute Gasteiger partial charge is 0.240 e. The number of rotatable bonds is 3. The molecule has 1 aliphatic heterocycles. The molecular weight excluding hydrogens is 248 g/mol. The first-order valence-electron chi connectivity index (χ1n) is 6.47. The molecule has 2 rings (SSSR count). The van der Waals surface area contributed by atoms with E-state index in [1.165, 1.54) is 10.5 Å². The quantitative estimate of drug-likeness (QED) is 0.795. The Bertz CT molecular complexity index is 386. The van der Waals surface area contributed by atoms with Crippen molar-refractivity contribution in [3.05, 3.63) is 35.9 Å². The lowest BCUT2D eigenvalue weighted by Crippen LogP contribution is -3.13. The number of amides is 1. The topological polar surface area (TPSA) is 24.8 Å². The fourth-order valence-electron chi connectivity index (χ4n) is 2.36. The van der Waals surface area contributed by atoms with E-state index in [9.17, 15) is 4.79 Å². The van der Waals surface area contributed by atoms with Gasteiger partial charge in [0.2, 0.25) is 5.91 Å². The fraction of sp³-hybridized carbons (Fsp3) is 0.500. The monoisotopic (exact) mass is 267 g/mol. The maximum Gasteiger partial charge on any atom is 0.240 e. The highest BCUT2D eigenvalue weighted by molar-refractivity contribution is 6.30. The molecule has 98 valence electrons. The average Bonchev–Trinajstić information content (AvgIpc) is 2.40. The molecule has 0 spiro atoms. The van der Waals surface area contributed by atoms with Crippen LogP contribution in [0, 0.1) is 0 Å². The number of piperazine rings is 1. The van der Waals surface area contributed by atoms with E-state index in [1.807, 2.05) is 11.0 Å². The van der Waals surface area contributed by atoms with Crippen molar-refractivity contribution >= 4 is 17.5 Å². The van der Waals surface area contributed by atoms with Crippen LogP contribution in [0.15, 0.2) is 30.3 Å². The highest BCUT2D eigenvalue weighted by Crippen LogP contribution is 2.02. The van der Waals surface area contributed by atoms with Crippen molar-refractivity contribution in [2.75, 3.05) is 26.2 Å². The van der Waals surface area contributed by atoms with Crippen LogP contribution in [0.25, 0.3) is 0 Å². The van der Waals surface area contributed by atoms with Crippen LogP contribution in [-0.2, 0) is 11.3 Å². The van der Waals surface area contributed by atoms with Gasteiger partial charge in [-0.3, -0.25) is 4.79 Å². The van der Waals surface area contributed by atoms with Gasteiger partial charge in [0.25, 0.3) is 0 Å². The molecule has 1 heterocycles. The van der Waals surface area contributed by atoms with Crippen LogP contribution >= 0.6 is 11.6 Å². The molecule has 0 bridgehead atoms. The maximum atomic E-state index is 11.7. The van der Waals surface area contributed by atoms with Crippen LogP contribution < -0.4 is 4.90 Å². The number of halogens is 1. The van der Waals surface area contributed by atoms with Crippen molar-refractivity contribution in [1.29, 1.82) is 0 Å². The number of nitrogens with one attached hydrogen (secondary N) is 1. The molecule has 1 N–H and O–H groups in total. The Morgan fingerprint density at radius 3 is 2.50 bits per heavy atom. The van der Waals surface area contributed by atoms with Crippen molar-refractivity contribution in [2.24, 2.45) is 0 Å². The molecule has 1 atom stereocenters. The van der Waals surface area contributed by atoms with E-state index in [1.54, 1.807) is 6.92 Å². The van der Waals surface area contributed by atoms with E-state index in [2.05, 4.69) is 24.3 Å². The van der Waals surface area contributed by atoms with E-state index < -0.39 is 5.38 Å². The van der Waals surface area contributed by atoms with Gasteiger partial charge in [-0.2, -0.15) is 0 Å². The third-order valence-electron chi connectivity index (χ3n) is 3.42. The SMILES string of the molecule is C[C@@H](Cl)C(=O)N1CC[NH+](Cc2ccccc2)CC1. The summed E-state index contributed by atoms with van der Waals surface area (Å²) in [6.07, 6.45) is 0. The summed E-state index contributed by atoms with van der Waals surface area (Å²) in [5, 5.41) is -0.402. The maximum absolute atomic E-state index is 11.7. The van der Waals surface area contributed by atoms with Gasteiger partial charge >= 0.3 is 0 Å². The molecule has 1 amide bonds. The zero-order valence-electron chi connectivity index (χ0n) is 10.7. The zero-order chi connectivity index (χ0) is 13.0. The van der Waals surface area contributed by atoms with Crippen molar-refractivity contribution in [3.63, 3.8) is 0 Å². The minimum atomic E-state index is -0.402. The van der Waals surface area contributed by atoms with Crippen molar-refractivity contribution in [1.82, 2.24) is 4.90 Å². The summed E-state index contributed by atoms with van der Waals surface area (Å²) < 4.78 is 0. The van der Waals surface area contributed by atoms with E-state index in [-0.39, 0.29) is 5.91 Å². The van der Waals surface area contributed by atoms with Gasteiger partial charge in [-0.05, 0) is 6.92 Å². The first-order chi connectivity index (χ1) is 8.66. The van der Waals surface area contributed by atoms with Gasteiger partial charge in [0.05, 0.1) is 26.2 Å². The predicted octanol–water partition coefficient (Wildman–Crippen LogP) is 0.541. The summed E-state index contributed by atoms with van der Waals surface area (Å²) >= 11 is 5.83. The molecule has 3 nitrogen and oxygen atoms in total. The molecule has 1 aromatic rings. The largest absolute Gasteiger partial charge is 0.330 e. The van der Waals surface area contributed by atoms with E-state index in [0.717, 1.165) is 32.7 Å². The number of hydrogen-bond donors (Lipinski definition) is 1. The zero-order valence-corrected chi connectivity index (χ0v) is 11.5. The van der Waals surface area contributed by atoms with Crippen LogP contribution in [0.1, 0.15) is 12.5 Å². The molecule has 0 radical (unpaired) electrons. The molecule has 0 unspecified atom stereocenters. The minimum Gasteiger partial charge on any atom is -0.330 e. The molecule has 0 saturated carbocycles. The predicted molar refractivity (Wildman–Crippen MR) is 72.7 cm³/mol. The van der Waals surface area contributed by atoms with E-state index >= 15 is 0 Å². The molecule has 18 heavy (non-hydrogen) atoms. The lowest BCUT2D eigenvalue weighted by Gasteiger charge is -2.32. The van der Waals surface area contributed by atoms with Gasteiger partial charge in [0.15, 0.2) is 0 Å². The summed E-state index contributed by atoms with van der Waals surface area (Å²) in [4.78, 5) is 15.2. The highest BCUT2D eigenvalue weighted by atomic mass is 35.5. The first kappa shape index (κ1) is 13.4. The average molecular weight is 268 g/mol. The Labute approximate surface area is 113 Å². The molecule has 1 aromatic carbocycles. The fourth-order valence-corrected chi connectivity index (χ4v) is 2.49. The number of quaternary nitrogens is 1. The van der Waals surface area contributed by atoms with Gasteiger partial charge in [-0.1, -0.05) is 30.3 Å². The number of alkyl halides is 1. The standard InChI is InChI=1S/C14H19ClN2O/c1-12(15)14(18)17-9-7-16(8-10-17)11-13-5-3-2-4-6-13/h2-6,12H,7-11H2,1H3/p+1/t12-/m1/s1. The first-order valence-corrected chi connectivity index (χ1v) is 6.91. The molecular formula is C14H20ClN2O+. The summed E-state index contributed by atoms with van der Waals surface area (Å²) in [5.74, 6) is 0.0652. The number of carbonyl (C=O) groups excluding carboxylic acids is 1. The van der Waals surface area contributed by atoms with Crippen molar-refractivity contribution < 1.29 is 9.69 Å². The number of benzene rings is 1. The number of carbonyl (C=O) groups is 1. The van der Waals surface area contributed by atoms with Gasteiger partial charge in [0.1, 0.15) is 11.9 Å². The highest BCUT2D eigenvalue weighted by Gasteiger charge is 2.25. The Morgan fingerprint density at radius 1 is 1.33 bits per heavy atom. The van der Waals surface area contributed by atoms with Gasteiger partial charge in [-0.15, -0.1) is 11.6 Å². The Hall–Kier alpha value is -1.06. The third-order valence-corrected chi connectivity index (χ3v) is 3.61. The Kier molecular flexibility index (Phi) is 4.61. The third kappa shape index (κ3) is 3.47. The normalized spacial score (nSPS) is 18.7. The lowest BCUT2D eigenvalue weighted by atomic mass is 10.2. The van der Waals surface area contributed by atoms with Crippen LogP contribution in [0.2, 0.25) is 0 Å². The Morgan fingerprint density at radius 2 is 1.94 bits per heavy atom. The van der Waals surface area contributed by atoms with Gasteiger partial charge in [0, 0.05) is 5.56 Å². The lowest BCUT2D eigenvalue weighted by molar-refractivity contribution is -0.917. The van der Waals surface area contributed by atoms with Gasteiger partial charge in [-0.25, -0.2) is 0 Å². The molecule has 1 saturated heterocycles. The molecule has 4 heteroatoms. The summed E-state index contributed by atoms with van der Waals surface area (Å²) in [7, 11) is 0. The summed E-state index contributed by atoms with van der Waals surface area (Å²) in [5.41, 5.74) is 1.36. The van der Waals surface area contributed by atoms with Gasteiger partial charge < -0.3 is 9.80 Å². The molecule has 1 fully saturated rings. The van der Waals surface area contributed by atoms with E-state index in [0.29, 0.717) is 0 Å². The number of nitrogens with zero attached hydrogens (tertiary/aromatic N) is 1. The van der Waals surface area contributed by atoms with Crippen molar-refractivity contribution in [2.45, 2.75) is 18.8 Å². The van der Waals surface area contributed by atoms with Crippen molar-refractivity contribution in [3.8, 4) is 0 Å². The minimum absolute atomic E-state index is 0.0652. The van der Waals surface area contributed by atoms with Crippen LogP contribution in [0.4, 0.5) is 0 Å². The van der Waals surface area contributed by atoms with E-state index in [4.69, 9.17) is 11.6 Å². The summed E-state index contributed by atoms with van der Waals surface area (Å²) in [6, 6.07) is 10.5. The van der Waals surface area contributed by atoms with Crippen LogP contribution in [0.5, 0.6) is 0 Å².